The van der Waals surface area contributed by atoms with Crippen molar-refractivity contribution < 1.29 is 0 Å². The van der Waals surface area contributed by atoms with Gasteiger partial charge in [-0.05, 0) is 37.1 Å². The lowest BCUT2D eigenvalue weighted by Crippen LogP contribution is -2.00. The Bertz CT molecular complexity index is 526. The van der Waals surface area contributed by atoms with Crippen molar-refractivity contribution in [2.24, 2.45) is 0 Å². The van der Waals surface area contributed by atoms with Gasteiger partial charge in [-0.3, -0.25) is 4.98 Å². The molecule has 3 heteroatoms. The van der Waals surface area contributed by atoms with Crippen LogP contribution in [0.15, 0.2) is 47.5 Å². The molecule has 2 nitrogen and oxygen atoms in total. The molecule has 0 bridgehead atoms. The van der Waals surface area contributed by atoms with E-state index in [0.717, 1.165) is 30.1 Å². The van der Waals surface area contributed by atoms with Crippen LogP contribution in [0.2, 0.25) is 0 Å². The van der Waals surface area contributed by atoms with Crippen molar-refractivity contribution in [2.45, 2.75) is 30.9 Å². The van der Waals surface area contributed by atoms with Crippen molar-refractivity contribution in [3.63, 3.8) is 0 Å². The first-order valence-corrected chi connectivity index (χ1v) is 7.65. The maximum absolute atomic E-state index is 4.43. The van der Waals surface area contributed by atoms with Crippen molar-refractivity contribution in [1.29, 1.82) is 0 Å². The lowest BCUT2D eigenvalue weighted by Gasteiger charge is -2.07. The lowest BCUT2D eigenvalue weighted by atomic mass is 10.2. The summed E-state index contributed by atoms with van der Waals surface area (Å²) in [5, 5.41) is 3.40. The summed E-state index contributed by atoms with van der Waals surface area (Å²) in [7, 11) is 0. The lowest BCUT2D eigenvalue weighted by molar-refractivity contribution is 0.977. The first-order valence-electron chi connectivity index (χ1n) is 6.67. The molecule has 1 heterocycles. The van der Waals surface area contributed by atoms with E-state index in [9.17, 15) is 0 Å². The number of benzene rings is 1. The summed E-state index contributed by atoms with van der Waals surface area (Å²) < 4.78 is 0. The molecule has 2 rings (SSSR count). The van der Waals surface area contributed by atoms with Crippen molar-refractivity contribution in [3.05, 3.63) is 53.9 Å². The van der Waals surface area contributed by atoms with Crippen molar-refractivity contribution in [3.8, 4) is 0 Å². The molecule has 0 fully saturated rings. The van der Waals surface area contributed by atoms with Gasteiger partial charge in [0.05, 0.1) is 5.69 Å². The Kier molecular flexibility index (Phi) is 5.28. The Hall–Kier alpha value is -1.48. The second-order valence-electron chi connectivity index (χ2n) is 4.52. The standard InChI is InChI=1S/C16H20N2S/c1-3-9-17-14-8-10-18-15(11-14)12-19-16-7-5-4-6-13(16)2/h4-8,10-11H,3,9,12H2,1-2H3,(H,17,18). The van der Waals surface area contributed by atoms with E-state index in [1.165, 1.54) is 10.5 Å². The highest BCUT2D eigenvalue weighted by Gasteiger charge is 2.01. The van der Waals surface area contributed by atoms with Crippen LogP contribution in [0.5, 0.6) is 0 Å². The molecule has 1 aromatic heterocycles. The van der Waals surface area contributed by atoms with E-state index in [1.54, 1.807) is 0 Å². The summed E-state index contributed by atoms with van der Waals surface area (Å²) in [4.78, 5) is 5.76. The number of aryl methyl sites for hydroxylation is 1. The van der Waals surface area contributed by atoms with Crippen LogP contribution < -0.4 is 5.32 Å². The van der Waals surface area contributed by atoms with Gasteiger partial charge >= 0.3 is 0 Å². The van der Waals surface area contributed by atoms with Crippen molar-refractivity contribution >= 4 is 17.4 Å². The quantitative estimate of drug-likeness (QED) is 0.783. The van der Waals surface area contributed by atoms with Gasteiger partial charge < -0.3 is 5.32 Å². The van der Waals surface area contributed by atoms with Gasteiger partial charge in [0, 0.05) is 29.1 Å². The fourth-order valence-electron chi connectivity index (χ4n) is 1.81. The van der Waals surface area contributed by atoms with Gasteiger partial charge in [0.2, 0.25) is 0 Å². The highest BCUT2D eigenvalue weighted by Crippen LogP contribution is 2.25. The monoisotopic (exact) mass is 272 g/mol. The zero-order valence-corrected chi connectivity index (χ0v) is 12.3. The summed E-state index contributed by atoms with van der Waals surface area (Å²) >= 11 is 1.84. The van der Waals surface area contributed by atoms with Crippen LogP contribution in [0.3, 0.4) is 0 Å². The number of hydrogen-bond acceptors (Lipinski definition) is 3. The zero-order valence-electron chi connectivity index (χ0n) is 11.5. The molecule has 0 saturated heterocycles. The van der Waals surface area contributed by atoms with E-state index in [1.807, 2.05) is 24.0 Å². The van der Waals surface area contributed by atoms with E-state index < -0.39 is 0 Å². The SMILES string of the molecule is CCCNc1ccnc(CSc2ccccc2C)c1. The van der Waals surface area contributed by atoms with Crippen LogP contribution >= 0.6 is 11.8 Å². The fraction of sp³-hybridized carbons (Fsp3) is 0.312. The Balaban J connectivity index is 1.98. The number of nitrogens with one attached hydrogen (secondary N) is 1. The molecule has 0 aliphatic carbocycles. The Morgan fingerprint density at radius 1 is 1.21 bits per heavy atom. The summed E-state index contributed by atoms with van der Waals surface area (Å²) in [6.07, 6.45) is 3.02. The second-order valence-corrected chi connectivity index (χ2v) is 5.53. The molecule has 0 aliphatic rings. The molecule has 100 valence electrons. The number of nitrogens with zero attached hydrogens (tertiary/aromatic N) is 1. The number of hydrogen-bond donors (Lipinski definition) is 1. The number of pyridine rings is 1. The molecule has 19 heavy (non-hydrogen) atoms. The van der Waals surface area contributed by atoms with Crippen LogP contribution in [0.1, 0.15) is 24.6 Å². The minimum Gasteiger partial charge on any atom is -0.385 e. The molecular weight excluding hydrogens is 252 g/mol. The maximum Gasteiger partial charge on any atom is 0.0526 e. The maximum atomic E-state index is 4.43. The minimum absolute atomic E-state index is 0.909. The predicted octanol–water partition coefficient (Wildman–Crippen LogP) is 4.50. The Morgan fingerprint density at radius 2 is 2.05 bits per heavy atom. The zero-order chi connectivity index (χ0) is 13.5. The molecule has 0 unspecified atom stereocenters. The van der Waals surface area contributed by atoms with Gasteiger partial charge in [-0.2, -0.15) is 0 Å². The van der Waals surface area contributed by atoms with E-state index >= 15 is 0 Å². The topological polar surface area (TPSA) is 24.9 Å². The van der Waals surface area contributed by atoms with E-state index in [-0.39, 0.29) is 0 Å². The van der Waals surface area contributed by atoms with Gasteiger partial charge in [0.15, 0.2) is 0 Å². The molecule has 2 aromatic rings. The number of rotatable bonds is 6. The molecule has 1 aromatic carbocycles. The summed E-state index contributed by atoms with van der Waals surface area (Å²) in [5.74, 6) is 0.909. The first-order chi connectivity index (χ1) is 9.29. The highest BCUT2D eigenvalue weighted by molar-refractivity contribution is 7.98. The molecule has 1 N–H and O–H groups in total. The molecule has 0 spiro atoms. The molecule has 0 amide bonds. The third-order valence-corrected chi connectivity index (χ3v) is 4.07. The van der Waals surface area contributed by atoms with Crippen LogP contribution in [0, 0.1) is 6.92 Å². The minimum atomic E-state index is 0.909. The van der Waals surface area contributed by atoms with Crippen LogP contribution in [0.25, 0.3) is 0 Å². The van der Waals surface area contributed by atoms with Gasteiger partial charge in [-0.15, -0.1) is 11.8 Å². The number of anilines is 1. The first kappa shape index (κ1) is 13.9. The third-order valence-electron chi connectivity index (χ3n) is 2.86. The largest absolute Gasteiger partial charge is 0.385 e. The molecule has 0 atom stereocenters. The fourth-order valence-corrected chi connectivity index (χ4v) is 2.74. The molecule has 0 radical (unpaired) electrons. The van der Waals surface area contributed by atoms with Crippen molar-refractivity contribution in [1.82, 2.24) is 4.98 Å². The van der Waals surface area contributed by atoms with Crippen LogP contribution in [-0.2, 0) is 5.75 Å². The Morgan fingerprint density at radius 3 is 2.84 bits per heavy atom. The summed E-state index contributed by atoms with van der Waals surface area (Å²) in [5.41, 5.74) is 3.61. The Labute approximate surface area is 119 Å². The van der Waals surface area contributed by atoms with Gasteiger partial charge in [0.25, 0.3) is 0 Å². The van der Waals surface area contributed by atoms with E-state index in [2.05, 4.69) is 54.5 Å². The smallest absolute Gasteiger partial charge is 0.0526 e. The summed E-state index contributed by atoms with van der Waals surface area (Å²) in [6, 6.07) is 12.6. The average Bonchev–Trinajstić information content (AvgIpc) is 2.45. The predicted molar refractivity (Wildman–Crippen MR) is 83.8 cm³/mol. The average molecular weight is 272 g/mol. The van der Waals surface area contributed by atoms with Crippen LogP contribution in [0.4, 0.5) is 5.69 Å². The van der Waals surface area contributed by atoms with Gasteiger partial charge in [-0.25, -0.2) is 0 Å². The molecule has 0 aliphatic heterocycles. The summed E-state index contributed by atoms with van der Waals surface area (Å²) in [6.45, 7) is 5.33. The van der Waals surface area contributed by atoms with Gasteiger partial charge in [0.1, 0.15) is 0 Å². The van der Waals surface area contributed by atoms with Crippen molar-refractivity contribution in [2.75, 3.05) is 11.9 Å². The van der Waals surface area contributed by atoms with E-state index in [4.69, 9.17) is 0 Å². The third kappa shape index (κ3) is 4.28. The van der Waals surface area contributed by atoms with Crippen LogP contribution in [-0.4, -0.2) is 11.5 Å². The molecular formula is C16H20N2S. The number of thioether (sulfide) groups is 1. The second kappa shape index (κ2) is 7.19. The molecule has 0 saturated carbocycles. The number of aromatic nitrogens is 1. The van der Waals surface area contributed by atoms with Gasteiger partial charge in [-0.1, -0.05) is 25.1 Å². The normalized spacial score (nSPS) is 10.4. The van der Waals surface area contributed by atoms with E-state index in [0.29, 0.717) is 0 Å². The highest BCUT2D eigenvalue weighted by atomic mass is 32.2.